The molecule has 0 aliphatic carbocycles. The summed E-state index contributed by atoms with van der Waals surface area (Å²) in [6.07, 6.45) is 2.70. The van der Waals surface area contributed by atoms with E-state index in [-0.39, 0.29) is 0 Å². The number of benzene rings is 2. The first-order valence-electron chi connectivity index (χ1n) is 11.6. The Kier molecular flexibility index (Phi) is 10.2. The molecule has 0 radical (unpaired) electrons. The van der Waals surface area contributed by atoms with Gasteiger partial charge in [-0.1, -0.05) is 35.4 Å². The maximum absolute atomic E-state index is 5.68. The van der Waals surface area contributed by atoms with Crippen molar-refractivity contribution in [2.24, 2.45) is 0 Å². The van der Waals surface area contributed by atoms with E-state index in [4.69, 9.17) is 14.2 Å². The largest absolute Gasteiger partial charge is 0.492 e. The van der Waals surface area contributed by atoms with E-state index in [1.54, 1.807) is 0 Å². The number of ether oxygens (including phenoxy) is 3. The van der Waals surface area contributed by atoms with Gasteiger partial charge < -0.3 is 14.2 Å². The Balaban J connectivity index is 0.000000176. The van der Waals surface area contributed by atoms with Crippen LogP contribution < -0.4 is 9.47 Å². The van der Waals surface area contributed by atoms with Crippen LogP contribution in [-0.4, -0.2) is 75.5 Å². The van der Waals surface area contributed by atoms with E-state index >= 15 is 0 Å². The molecule has 0 aromatic heterocycles. The Labute approximate surface area is 187 Å². The summed E-state index contributed by atoms with van der Waals surface area (Å²) >= 11 is 0. The summed E-state index contributed by atoms with van der Waals surface area (Å²) in [6.45, 7) is 14.0. The fourth-order valence-electron chi connectivity index (χ4n) is 3.69. The second-order valence-corrected chi connectivity index (χ2v) is 8.33. The summed E-state index contributed by atoms with van der Waals surface area (Å²) in [5.74, 6) is 1.94. The van der Waals surface area contributed by atoms with Gasteiger partial charge in [-0.3, -0.25) is 9.80 Å². The van der Waals surface area contributed by atoms with Crippen LogP contribution in [0, 0.1) is 13.8 Å². The molecule has 0 amide bonds. The minimum absolute atomic E-state index is 0.753. The molecule has 0 atom stereocenters. The average molecular weight is 427 g/mol. The molecule has 2 heterocycles. The SMILES string of the molecule is Cc1ccc(OCCN2CCCC2)cc1.Cc1ccc(OCCN2CCOCC2)cc1. The molecular formula is C26H38N2O3. The number of morpholine rings is 1. The molecule has 2 aromatic carbocycles. The van der Waals surface area contributed by atoms with Gasteiger partial charge >= 0.3 is 0 Å². The predicted octanol–water partition coefficient (Wildman–Crippen LogP) is 4.18. The van der Waals surface area contributed by atoms with Crippen LogP contribution in [0.25, 0.3) is 0 Å². The van der Waals surface area contributed by atoms with Crippen LogP contribution in [0.1, 0.15) is 24.0 Å². The first-order valence-corrected chi connectivity index (χ1v) is 11.6. The Morgan fingerprint density at radius 2 is 1.06 bits per heavy atom. The molecule has 170 valence electrons. The average Bonchev–Trinajstić information content (AvgIpc) is 3.31. The summed E-state index contributed by atoms with van der Waals surface area (Å²) in [7, 11) is 0. The minimum Gasteiger partial charge on any atom is -0.492 e. The second kappa shape index (κ2) is 13.4. The lowest BCUT2D eigenvalue weighted by Gasteiger charge is -2.26. The van der Waals surface area contributed by atoms with Crippen molar-refractivity contribution in [2.75, 3.05) is 65.7 Å². The number of rotatable bonds is 8. The van der Waals surface area contributed by atoms with Crippen LogP contribution >= 0.6 is 0 Å². The van der Waals surface area contributed by atoms with Gasteiger partial charge in [0.1, 0.15) is 24.7 Å². The van der Waals surface area contributed by atoms with Crippen molar-refractivity contribution >= 4 is 0 Å². The Morgan fingerprint density at radius 3 is 1.52 bits per heavy atom. The monoisotopic (exact) mass is 426 g/mol. The fraction of sp³-hybridized carbons (Fsp3) is 0.538. The van der Waals surface area contributed by atoms with Gasteiger partial charge in [-0.05, 0) is 64.0 Å². The molecule has 0 unspecified atom stereocenters. The molecule has 2 aliphatic heterocycles. The zero-order chi connectivity index (χ0) is 21.7. The molecule has 2 fully saturated rings. The van der Waals surface area contributed by atoms with E-state index in [0.29, 0.717) is 0 Å². The lowest BCUT2D eigenvalue weighted by molar-refractivity contribution is 0.0322. The van der Waals surface area contributed by atoms with E-state index in [9.17, 15) is 0 Å². The quantitative estimate of drug-likeness (QED) is 0.633. The Morgan fingerprint density at radius 1 is 0.645 bits per heavy atom. The minimum atomic E-state index is 0.753. The highest BCUT2D eigenvalue weighted by Gasteiger charge is 2.11. The van der Waals surface area contributed by atoms with Gasteiger partial charge in [0.15, 0.2) is 0 Å². The van der Waals surface area contributed by atoms with Crippen LogP contribution in [0.15, 0.2) is 48.5 Å². The zero-order valence-corrected chi connectivity index (χ0v) is 19.2. The standard InChI is InChI=1S/C13H19NO2.C13H19NO/c1-12-2-4-13(5-3-12)16-11-8-14-6-9-15-10-7-14;1-12-4-6-13(7-5-12)15-11-10-14-8-2-3-9-14/h2-5H,6-11H2,1H3;4-7H,2-3,8-11H2,1H3. The van der Waals surface area contributed by atoms with Crippen molar-refractivity contribution in [1.82, 2.24) is 9.80 Å². The third-order valence-electron chi connectivity index (χ3n) is 5.70. The number of hydrogen-bond donors (Lipinski definition) is 0. The molecule has 0 spiro atoms. The summed E-state index contributed by atoms with van der Waals surface area (Å²) in [4.78, 5) is 4.84. The lowest BCUT2D eigenvalue weighted by Crippen LogP contribution is -2.38. The normalized spacial score (nSPS) is 17.1. The van der Waals surface area contributed by atoms with Crippen molar-refractivity contribution < 1.29 is 14.2 Å². The van der Waals surface area contributed by atoms with Crippen molar-refractivity contribution in [3.8, 4) is 11.5 Å². The lowest BCUT2D eigenvalue weighted by atomic mass is 10.2. The van der Waals surface area contributed by atoms with Gasteiger partial charge in [0.25, 0.3) is 0 Å². The van der Waals surface area contributed by atoms with Crippen LogP contribution in [0.3, 0.4) is 0 Å². The molecule has 5 heteroatoms. The first-order chi connectivity index (χ1) is 15.2. The number of nitrogens with zero attached hydrogens (tertiary/aromatic N) is 2. The van der Waals surface area contributed by atoms with E-state index in [1.807, 2.05) is 24.3 Å². The molecule has 0 saturated carbocycles. The van der Waals surface area contributed by atoms with E-state index in [1.165, 1.54) is 37.1 Å². The summed E-state index contributed by atoms with van der Waals surface area (Å²) in [5, 5.41) is 0. The van der Waals surface area contributed by atoms with Gasteiger partial charge in [-0.2, -0.15) is 0 Å². The zero-order valence-electron chi connectivity index (χ0n) is 19.2. The Bertz CT molecular complexity index is 721. The molecule has 2 saturated heterocycles. The van der Waals surface area contributed by atoms with Crippen molar-refractivity contribution in [2.45, 2.75) is 26.7 Å². The third kappa shape index (κ3) is 9.30. The Hall–Kier alpha value is -2.08. The van der Waals surface area contributed by atoms with Crippen LogP contribution in [-0.2, 0) is 4.74 Å². The molecule has 31 heavy (non-hydrogen) atoms. The van der Waals surface area contributed by atoms with Crippen molar-refractivity contribution in [3.63, 3.8) is 0 Å². The summed E-state index contributed by atoms with van der Waals surface area (Å²) in [6, 6.07) is 16.5. The fourth-order valence-corrected chi connectivity index (χ4v) is 3.69. The van der Waals surface area contributed by atoms with Crippen LogP contribution in [0.5, 0.6) is 11.5 Å². The second-order valence-electron chi connectivity index (χ2n) is 8.33. The molecule has 2 aliphatic rings. The van der Waals surface area contributed by atoms with E-state index in [2.05, 4.69) is 47.9 Å². The maximum atomic E-state index is 5.68. The molecule has 5 nitrogen and oxygen atoms in total. The number of likely N-dealkylation sites (tertiary alicyclic amines) is 1. The van der Waals surface area contributed by atoms with Gasteiger partial charge in [-0.25, -0.2) is 0 Å². The topological polar surface area (TPSA) is 34.2 Å². The summed E-state index contributed by atoms with van der Waals surface area (Å²) in [5.41, 5.74) is 2.54. The number of hydrogen-bond acceptors (Lipinski definition) is 5. The smallest absolute Gasteiger partial charge is 0.119 e. The predicted molar refractivity (Wildman–Crippen MR) is 126 cm³/mol. The molecular weight excluding hydrogens is 388 g/mol. The van der Waals surface area contributed by atoms with Gasteiger partial charge in [0.2, 0.25) is 0 Å². The van der Waals surface area contributed by atoms with Crippen molar-refractivity contribution in [1.29, 1.82) is 0 Å². The molecule has 2 aromatic rings. The third-order valence-corrected chi connectivity index (χ3v) is 5.70. The highest BCUT2D eigenvalue weighted by Crippen LogP contribution is 2.13. The summed E-state index contributed by atoms with van der Waals surface area (Å²) < 4.78 is 16.7. The van der Waals surface area contributed by atoms with Gasteiger partial charge in [-0.15, -0.1) is 0 Å². The van der Waals surface area contributed by atoms with E-state index in [0.717, 1.165) is 64.1 Å². The van der Waals surface area contributed by atoms with Crippen molar-refractivity contribution in [3.05, 3.63) is 59.7 Å². The highest BCUT2D eigenvalue weighted by atomic mass is 16.5. The molecule has 0 N–H and O–H groups in total. The van der Waals surface area contributed by atoms with Gasteiger partial charge in [0, 0.05) is 26.2 Å². The van der Waals surface area contributed by atoms with E-state index < -0.39 is 0 Å². The maximum Gasteiger partial charge on any atom is 0.119 e. The first kappa shape index (κ1) is 23.6. The van der Waals surface area contributed by atoms with Crippen LogP contribution in [0.4, 0.5) is 0 Å². The van der Waals surface area contributed by atoms with Gasteiger partial charge in [0.05, 0.1) is 13.2 Å². The van der Waals surface area contributed by atoms with Crippen LogP contribution in [0.2, 0.25) is 0 Å². The number of aryl methyl sites for hydroxylation is 2. The molecule has 4 rings (SSSR count). The molecule has 0 bridgehead atoms. The highest BCUT2D eigenvalue weighted by molar-refractivity contribution is 5.26.